The minimum atomic E-state index is -1.14. The lowest BCUT2D eigenvalue weighted by atomic mass is 10.0. The number of fused-ring (bicyclic) bond motifs is 1. The summed E-state index contributed by atoms with van der Waals surface area (Å²) >= 11 is 0. The predicted molar refractivity (Wildman–Crippen MR) is 128 cm³/mol. The molecule has 3 aromatic carbocycles. The lowest BCUT2D eigenvalue weighted by Gasteiger charge is -2.14. The van der Waals surface area contributed by atoms with E-state index in [0.717, 1.165) is 0 Å². The standard InChI is InChI=1S/C26H22FN3O4/c1-15-19(26(33)34)11-17(13-28-22-9-5-4-8-21(22)27)12-23(15)29-25(32)20-14-30(16(2)31)24-10-6-3-7-18(20)24/h3-12,14,28H,13H2,1-2H3,(H,29,32)(H,33,34). The third kappa shape index (κ3) is 4.38. The molecule has 4 aromatic rings. The molecule has 0 saturated carbocycles. The van der Waals surface area contributed by atoms with Crippen LogP contribution in [-0.4, -0.2) is 27.5 Å². The summed E-state index contributed by atoms with van der Waals surface area (Å²) in [7, 11) is 0. The number of anilines is 2. The first-order valence-electron chi connectivity index (χ1n) is 10.5. The minimum absolute atomic E-state index is 0.0225. The molecule has 0 saturated heterocycles. The highest BCUT2D eigenvalue weighted by Gasteiger charge is 2.19. The quantitative estimate of drug-likeness (QED) is 0.363. The number of hydrogen-bond acceptors (Lipinski definition) is 4. The van der Waals surface area contributed by atoms with Crippen LogP contribution in [0.15, 0.2) is 66.9 Å². The van der Waals surface area contributed by atoms with E-state index in [2.05, 4.69) is 10.6 Å². The van der Waals surface area contributed by atoms with Gasteiger partial charge in [0.15, 0.2) is 0 Å². The monoisotopic (exact) mass is 459 g/mol. The highest BCUT2D eigenvalue weighted by molar-refractivity contribution is 6.14. The molecule has 0 aliphatic carbocycles. The van der Waals surface area contributed by atoms with Gasteiger partial charge in [0, 0.05) is 30.7 Å². The van der Waals surface area contributed by atoms with Crippen LogP contribution in [0, 0.1) is 12.7 Å². The fourth-order valence-electron chi connectivity index (χ4n) is 3.84. The van der Waals surface area contributed by atoms with Gasteiger partial charge in [0.1, 0.15) is 5.82 Å². The number of aromatic nitrogens is 1. The average Bonchev–Trinajstić information content (AvgIpc) is 3.20. The zero-order valence-electron chi connectivity index (χ0n) is 18.6. The largest absolute Gasteiger partial charge is 0.478 e. The number of benzene rings is 3. The molecule has 0 aliphatic rings. The highest BCUT2D eigenvalue weighted by atomic mass is 19.1. The third-order valence-electron chi connectivity index (χ3n) is 5.60. The van der Waals surface area contributed by atoms with Crippen molar-refractivity contribution in [2.45, 2.75) is 20.4 Å². The molecule has 0 aliphatic heterocycles. The second-order valence-corrected chi connectivity index (χ2v) is 7.86. The molecular formula is C26H22FN3O4. The molecule has 0 fully saturated rings. The second kappa shape index (κ2) is 9.19. The Hall–Kier alpha value is -4.46. The van der Waals surface area contributed by atoms with Crippen LogP contribution in [0.2, 0.25) is 0 Å². The Balaban J connectivity index is 1.68. The summed E-state index contributed by atoms with van der Waals surface area (Å²) in [6, 6.07) is 16.3. The molecular weight excluding hydrogens is 437 g/mol. The Morgan fingerprint density at radius 3 is 2.38 bits per heavy atom. The van der Waals surface area contributed by atoms with Crippen molar-refractivity contribution in [1.29, 1.82) is 0 Å². The van der Waals surface area contributed by atoms with Crippen LogP contribution in [-0.2, 0) is 6.54 Å². The van der Waals surface area contributed by atoms with Crippen LogP contribution in [0.3, 0.4) is 0 Å². The van der Waals surface area contributed by atoms with Gasteiger partial charge in [-0.2, -0.15) is 0 Å². The molecule has 1 amide bonds. The molecule has 4 rings (SSSR count). The van der Waals surface area contributed by atoms with Crippen molar-refractivity contribution < 1.29 is 23.9 Å². The maximum absolute atomic E-state index is 13.9. The number of carboxylic acid groups (broad SMARTS) is 1. The molecule has 8 heteroatoms. The summed E-state index contributed by atoms with van der Waals surface area (Å²) in [6.45, 7) is 3.16. The zero-order chi connectivity index (χ0) is 24.4. The molecule has 172 valence electrons. The van der Waals surface area contributed by atoms with Crippen LogP contribution in [0.25, 0.3) is 10.9 Å². The van der Waals surface area contributed by atoms with Gasteiger partial charge in [0.05, 0.1) is 22.3 Å². The second-order valence-electron chi connectivity index (χ2n) is 7.86. The van der Waals surface area contributed by atoms with E-state index in [1.165, 1.54) is 29.8 Å². The number of carboxylic acids is 1. The summed E-state index contributed by atoms with van der Waals surface area (Å²) in [6.07, 6.45) is 1.47. The van der Waals surface area contributed by atoms with E-state index in [4.69, 9.17) is 0 Å². The van der Waals surface area contributed by atoms with Gasteiger partial charge < -0.3 is 15.7 Å². The number of aromatic carboxylic acids is 1. The van der Waals surface area contributed by atoms with Crippen LogP contribution < -0.4 is 10.6 Å². The maximum atomic E-state index is 13.9. The molecule has 1 heterocycles. The number of para-hydroxylation sites is 2. The van der Waals surface area contributed by atoms with E-state index in [0.29, 0.717) is 27.7 Å². The Morgan fingerprint density at radius 1 is 0.971 bits per heavy atom. The van der Waals surface area contributed by atoms with E-state index in [1.54, 1.807) is 55.5 Å². The topological polar surface area (TPSA) is 100 Å². The van der Waals surface area contributed by atoms with Gasteiger partial charge in [-0.1, -0.05) is 30.3 Å². The Labute approximate surface area is 194 Å². The molecule has 0 spiro atoms. The van der Waals surface area contributed by atoms with Crippen molar-refractivity contribution in [3.8, 4) is 0 Å². The summed E-state index contributed by atoms with van der Waals surface area (Å²) < 4.78 is 15.3. The summed E-state index contributed by atoms with van der Waals surface area (Å²) in [5.41, 5.74) is 2.44. The van der Waals surface area contributed by atoms with Crippen molar-refractivity contribution in [3.63, 3.8) is 0 Å². The number of carbonyl (C=O) groups is 3. The lowest BCUT2D eigenvalue weighted by molar-refractivity contribution is 0.0695. The van der Waals surface area contributed by atoms with Gasteiger partial charge in [0.2, 0.25) is 5.91 Å². The zero-order valence-corrected chi connectivity index (χ0v) is 18.6. The highest BCUT2D eigenvalue weighted by Crippen LogP contribution is 2.26. The first kappa shape index (κ1) is 22.7. The molecule has 34 heavy (non-hydrogen) atoms. The number of halogens is 1. The summed E-state index contributed by atoms with van der Waals surface area (Å²) in [5.74, 6) is -2.28. The van der Waals surface area contributed by atoms with E-state index < -0.39 is 17.7 Å². The lowest BCUT2D eigenvalue weighted by Crippen LogP contribution is -2.15. The van der Waals surface area contributed by atoms with Crippen molar-refractivity contribution in [2.75, 3.05) is 10.6 Å². The Kier molecular flexibility index (Phi) is 6.14. The first-order chi connectivity index (χ1) is 16.3. The van der Waals surface area contributed by atoms with Crippen molar-refractivity contribution in [1.82, 2.24) is 4.57 Å². The van der Waals surface area contributed by atoms with Gasteiger partial charge in [0.25, 0.3) is 5.91 Å². The fourth-order valence-corrected chi connectivity index (χ4v) is 3.84. The number of rotatable bonds is 6. The SMILES string of the molecule is CC(=O)n1cc(C(=O)Nc2cc(CNc3ccccc3F)cc(C(=O)O)c2C)c2ccccc21. The average molecular weight is 459 g/mol. The molecule has 7 nitrogen and oxygen atoms in total. The van der Waals surface area contributed by atoms with Gasteiger partial charge >= 0.3 is 5.97 Å². The number of amides is 1. The van der Waals surface area contributed by atoms with Crippen molar-refractivity contribution >= 4 is 40.1 Å². The molecule has 0 bridgehead atoms. The van der Waals surface area contributed by atoms with Gasteiger partial charge in [-0.3, -0.25) is 14.2 Å². The normalized spacial score (nSPS) is 10.8. The molecule has 0 radical (unpaired) electrons. The van der Waals surface area contributed by atoms with Crippen LogP contribution in [0.4, 0.5) is 15.8 Å². The van der Waals surface area contributed by atoms with E-state index in [-0.39, 0.29) is 29.3 Å². The summed E-state index contributed by atoms with van der Waals surface area (Å²) in [4.78, 5) is 37.0. The van der Waals surface area contributed by atoms with E-state index in [1.807, 2.05) is 0 Å². The summed E-state index contributed by atoms with van der Waals surface area (Å²) in [5, 5.41) is 16.0. The first-order valence-corrected chi connectivity index (χ1v) is 10.5. The van der Waals surface area contributed by atoms with Crippen LogP contribution in [0.5, 0.6) is 0 Å². The maximum Gasteiger partial charge on any atom is 0.336 e. The van der Waals surface area contributed by atoms with Crippen molar-refractivity contribution in [3.05, 3.63) is 94.9 Å². The Bertz CT molecular complexity index is 1440. The molecule has 1 aromatic heterocycles. The minimum Gasteiger partial charge on any atom is -0.478 e. The number of hydrogen-bond donors (Lipinski definition) is 3. The van der Waals surface area contributed by atoms with E-state index >= 15 is 0 Å². The van der Waals surface area contributed by atoms with Gasteiger partial charge in [-0.15, -0.1) is 0 Å². The number of nitrogens with one attached hydrogen (secondary N) is 2. The van der Waals surface area contributed by atoms with Crippen LogP contribution >= 0.6 is 0 Å². The van der Waals surface area contributed by atoms with Crippen LogP contribution in [0.1, 0.15) is 43.6 Å². The number of nitrogens with zero attached hydrogens (tertiary/aromatic N) is 1. The number of carbonyl (C=O) groups excluding carboxylic acids is 2. The van der Waals surface area contributed by atoms with E-state index in [9.17, 15) is 23.9 Å². The third-order valence-corrected chi connectivity index (χ3v) is 5.60. The molecule has 0 atom stereocenters. The fraction of sp³-hybridized carbons (Fsp3) is 0.115. The predicted octanol–water partition coefficient (Wildman–Crippen LogP) is 5.31. The molecule has 0 unspecified atom stereocenters. The molecule has 3 N–H and O–H groups in total. The Morgan fingerprint density at radius 2 is 1.68 bits per heavy atom. The van der Waals surface area contributed by atoms with Gasteiger partial charge in [-0.25, -0.2) is 9.18 Å². The van der Waals surface area contributed by atoms with Crippen molar-refractivity contribution in [2.24, 2.45) is 0 Å². The van der Waals surface area contributed by atoms with Gasteiger partial charge in [-0.05, 0) is 48.4 Å². The smallest absolute Gasteiger partial charge is 0.336 e.